The zero-order chi connectivity index (χ0) is 8.43. The van der Waals surface area contributed by atoms with Crippen molar-refractivity contribution in [1.29, 1.82) is 0 Å². The fourth-order valence-corrected chi connectivity index (χ4v) is 0.992. The Morgan fingerprint density at radius 3 is 2.64 bits per heavy atom. The molecule has 11 heavy (non-hydrogen) atoms. The molecule has 1 heterocycles. The molecule has 0 aliphatic rings. The van der Waals surface area contributed by atoms with Crippen LogP contribution in [0.25, 0.3) is 4.85 Å². The molecule has 58 valence electrons. The number of nitrogens with zero attached hydrogens (tertiary/aromatic N) is 3. The largest absolute Gasteiger partial charge is 0.362 e. The zero-order valence-corrected chi connectivity index (χ0v) is 7.00. The van der Waals surface area contributed by atoms with E-state index in [1.54, 1.807) is 17.9 Å². The minimum absolute atomic E-state index is 0.382. The second kappa shape index (κ2) is 2.75. The van der Waals surface area contributed by atoms with Crippen LogP contribution >= 0.6 is 0 Å². The number of aryl methyl sites for hydroxylation is 1. The van der Waals surface area contributed by atoms with Crippen molar-refractivity contribution in [2.45, 2.75) is 19.8 Å². The monoisotopic (exact) mass is 149 g/mol. The van der Waals surface area contributed by atoms with Crippen LogP contribution in [0.2, 0.25) is 0 Å². The highest BCUT2D eigenvalue weighted by Gasteiger charge is 2.10. The molecule has 1 aromatic heterocycles. The van der Waals surface area contributed by atoms with Gasteiger partial charge >= 0.3 is 0 Å². The van der Waals surface area contributed by atoms with Crippen molar-refractivity contribution in [2.24, 2.45) is 7.05 Å². The van der Waals surface area contributed by atoms with Crippen LogP contribution in [0.5, 0.6) is 0 Å². The number of hydrogen-bond donors (Lipinski definition) is 0. The molecule has 3 heteroatoms. The van der Waals surface area contributed by atoms with Crippen LogP contribution in [-0.4, -0.2) is 9.78 Å². The summed E-state index contributed by atoms with van der Waals surface area (Å²) in [5, 5.41) is 4.01. The number of aromatic nitrogens is 2. The Balaban J connectivity index is 3.19. The summed E-state index contributed by atoms with van der Waals surface area (Å²) in [5.41, 5.74) is 1.03. The van der Waals surface area contributed by atoms with Crippen molar-refractivity contribution in [3.8, 4) is 0 Å². The molecule has 0 aromatic carbocycles. The Morgan fingerprint density at radius 2 is 2.27 bits per heavy atom. The summed E-state index contributed by atoms with van der Waals surface area (Å²) in [6, 6.07) is 0. The van der Waals surface area contributed by atoms with Gasteiger partial charge < -0.3 is 4.85 Å². The molecule has 1 aromatic rings. The molecule has 0 saturated carbocycles. The molecule has 1 rings (SSSR count). The first-order valence-corrected chi connectivity index (χ1v) is 3.56. The topological polar surface area (TPSA) is 22.2 Å². The van der Waals surface area contributed by atoms with Crippen LogP contribution in [0.3, 0.4) is 0 Å². The highest BCUT2D eigenvalue weighted by atomic mass is 15.3. The molecular formula is C8H11N3. The third-order valence-corrected chi connectivity index (χ3v) is 1.66. The van der Waals surface area contributed by atoms with Gasteiger partial charge in [-0.25, -0.2) is 4.68 Å². The lowest BCUT2D eigenvalue weighted by Gasteiger charge is -2.00. The van der Waals surface area contributed by atoms with Gasteiger partial charge in [0.2, 0.25) is 0 Å². The van der Waals surface area contributed by atoms with Gasteiger partial charge in [0.15, 0.2) is 0 Å². The SMILES string of the molecule is [C-]#[N+]c1c(C(C)C)cnn1C. The van der Waals surface area contributed by atoms with E-state index in [2.05, 4.69) is 23.8 Å². The molecule has 0 saturated heterocycles. The number of hydrogen-bond acceptors (Lipinski definition) is 1. The second-order valence-corrected chi connectivity index (χ2v) is 2.81. The summed E-state index contributed by atoms with van der Waals surface area (Å²) in [7, 11) is 1.79. The summed E-state index contributed by atoms with van der Waals surface area (Å²) in [5.74, 6) is 1.04. The van der Waals surface area contributed by atoms with Crippen LogP contribution < -0.4 is 0 Å². The maximum absolute atomic E-state index is 6.90. The lowest BCUT2D eigenvalue weighted by molar-refractivity contribution is 0.781. The molecule has 0 fully saturated rings. The minimum Gasteiger partial charge on any atom is -0.362 e. The van der Waals surface area contributed by atoms with E-state index in [9.17, 15) is 0 Å². The second-order valence-electron chi connectivity index (χ2n) is 2.81. The average Bonchev–Trinajstić information content (AvgIpc) is 2.30. The van der Waals surface area contributed by atoms with E-state index in [0.717, 1.165) is 5.56 Å². The predicted octanol–water partition coefficient (Wildman–Crippen LogP) is 2.09. The van der Waals surface area contributed by atoms with Crippen LogP contribution in [0, 0.1) is 6.57 Å². The highest BCUT2D eigenvalue weighted by Crippen LogP contribution is 2.25. The van der Waals surface area contributed by atoms with Crippen LogP contribution in [0.1, 0.15) is 25.3 Å². The van der Waals surface area contributed by atoms with Crippen molar-refractivity contribution in [1.82, 2.24) is 9.78 Å². The third kappa shape index (κ3) is 1.25. The van der Waals surface area contributed by atoms with E-state index in [1.165, 1.54) is 0 Å². The molecule has 0 bridgehead atoms. The maximum Gasteiger partial charge on any atom is 0.255 e. The minimum atomic E-state index is 0.382. The summed E-state index contributed by atoms with van der Waals surface area (Å²) in [6.07, 6.45) is 1.76. The van der Waals surface area contributed by atoms with E-state index in [0.29, 0.717) is 11.7 Å². The van der Waals surface area contributed by atoms with Crippen molar-refractivity contribution < 1.29 is 0 Å². The van der Waals surface area contributed by atoms with Gasteiger partial charge in [0.1, 0.15) is 0 Å². The normalized spacial score (nSPS) is 10.1. The Morgan fingerprint density at radius 1 is 1.64 bits per heavy atom. The standard InChI is InChI=1S/C8H11N3/c1-6(2)7-5-10-11(4)8(7)9-3/h5-6H,1-2,4H3. The third-order valence-electron chi connectivity index (χ3n) is 1.66. The van der Waals surface area contributed by atoms with Crippen LogP contribution in [0.4, 0.5) is 5.82 Å². The van der Waals surface area contributed by atoms with Gasteiger partial charge in [0.05, 0.1) is 13.2 Å². The van der Waals surface area contributed by atoms with E-state index >= 15 is 0 Å². The molecule has 0 N–H and O–H groups in total. The Kier molecular flexibility index (Phi) is 1.95. The summed E-state index contributed by atoms with van der Waals surface area (Å²) < 4.78 is 1.61. The molecule has 0 unspecified atom stereocenters. The Hall–Kier alpha value is -1.30. The lowest BCUT2D eigenvalue weighted by Crippen LogP contribution is -1.88. The van der Waals surface area contributed by atoms with E-state index < -0.39 is 0 Å². The molecule has 3 nitrogen and oxygen atoms in total. The predicted molar refractivity (Wildman–Crippen MR) is 43.6 cm³/mol. The van der Waals surface area contributed by atoms with Gasteiger partial charge in [0.25, 0.3) is 5.82 Å². The zero-order valence-electron chi connectivity index (χ0n) is 7.00. The molecular weight excluding hydrogens is 138 g/mol. The van der Waals surface area contributed by atoms with Gasteiger partial charge in [-0.15, -0.1) is 5.10 Å². The van der Waals surface area contributed by atoms with Gasteiger partial charge in [-0.3, -0.25) is 0 Å². The Labute approximate surface area is 66.5 Å². The summed E-state index contributed by atoms with van der Waals surface area (Å²) in [4.78, 5) is 3.40. The molecule has 0 spiro atoms. The quantitative estimate of drug-likeness (QED) is 0.560. The molecule has 0 atom stereocenters. The fourth-order valence-electron chi connectivity index (χ4n) is 0.992. The van der Waals surface area contributed by atoms with E-state index in [4.69, 9.17) is 6.57 Å². The highest BCUT2D eigenvalue weighted by molar-refractivity contribution is 5.46. The summed E-state index contributed by atoms with van der Waals surface area (Å²) in [6.45, 7) is 11.0. The van der Waals surface area contributed by atoms with Gasteiger partial charge in [-0.1, -0.05) is 20.4 Å². The maximum atomic E-state index is 6.90. The van der Waals surface area contributed by atoms with E-state index in [-0.39, 0.29) is 0 Å². The first-order chi connectivity index (χ1) is 5.16. The molecule has 0 amide bonds. The molecule has 0 aliphatic heterocycles. The molecule has 0 aliphatic carbocycles. The average molecular weight is 149 g/mol. The van der Waals surface area contributed by atoms with Gasteiger partial charge in [-0.2, -0.15) is 0 Å². The summed E-state index contributed by atoms with van der Waals surface area (Å²) >= 11 is 0. The number of rotatable bonds is 1. The molecule has 0 radical (unpaired) electrons. The van der Waals surface area contributed by atoms with Crippen molar-refractivity contribution >= 4 is 5.82 Å². The fraction of sp³-hybridized carbons (Fsp3) is 0.500. The first-order valence-electron chi connectivity index (χ1n) is 3.56. The van der Waals surface area contributed by atoms with E-state index in [1.807, 2.05) is 0 Å². The lowest BCUT2D eigenvalue weighted by atomic mass is 10.1. The van der Waals surface area contributed by atoms with Gasteiger partial charge in [0, 0.05) is 5.56 Å². The van der Waals surface area contributed by atoms with Gasteiger partial charge in [-0.05, 0) is 5.92 Å². The van der Waals surface area contributed by atoms with Crippen molar-refractivity contribution in [2.75, 3.05) is 0 Å². The smallest absolute Gasteiger partial charge is 0.255 e. The van der Waals surface area contributed by atoms with Crippen molar-refractivity contribution in [3.63, 3.8) is 0 Å². The van der Waals surface area contributed by atoms with Crippen LogP contribution in [-0.2, 0) is 7.05 Å². The Bertz CT molecular complexity index is 291. The van der Waals surface area contributed by atoms with Crippen LogP contribution in [0.15, 0.2) is 6.20 Å². The van der Waals surface area contributed by atoms with Crippen molar-refractivity contribution in [3.05, 3.63) is 23.2 Å². The first kappa shape index (κ1) is 7.80.